The van der Waals surface area contributed by atoms with Gasteiger partial charge in [-0.05, 0) is 61.4 Å². The fraction of sp³-hybridized carbons (Fsp3) is 0.476. The number of anilines is 3. The highest BCUT2D eigenvalue weighted by Crippen LogP contribution is 2.37. The van der Waals surface area contributed by atoms with Crippen LogP contribution in [0.4, 0.5) is 35.4 Å². The van der Waals surface area contributed by atoms with E-state index < -0.39 is 5.51 Å². The van der Waals surface area contributed by atoms with Crippen molar-refractivity contribution in [2.24, 2.45) is 0 Å². The molecule has 1 aromatic heterocycles. The summed E-state index contributed by atoms with van der Waals surface area (Å²) >= 11 is -0.178. The molecule has 7 nitrogen and oxygen atoms in total. The van der Waals surface area contributed by atoms with Crippen LogP contribution in [-0.4, -0.2) is 65.7 Å². The highest BCUT2D eigenvalue weighted by molar-refractivity contribution is 8.00. The van der Waals surface area contributed by atoms with Gasteiger partial charge in [-0.2, -0.15) is 18.2 Å². The minimum Gasteiger partial charge on any atom is -0.353 e. The van der Waals surface area contributed by atoms with Crippen LogP contribution in [0.1, 0.15) is 19.3 Å². The molecular weight excluding hydrogens is 441 g/mol. The molecule has 1 N–H and O–H groups in total. The number of benzene rings is 1. The Balaban J connectivity index is 1.29. The van der Waals surface area contributed by atoms with Gasteiger partial charge >= 0.3 is 11.5 Å². The molecule has 1 aromatic carbocycles. The molecule has 0 aliphatic carbocycles. The maximum absolute atomic E-state index is 12.6. The fourth-order valence-corrected chi connectivity index (χ4v) is 4.38. The Labute approximate surface area is 189 Å². The lowest BCUT2D eigenvalue weighted by atomic mass is 10.1. The molecule has 2 saturated heterocycles. The number of aromatic nitrogens is 2. The molecule has 172 valence electrons. The van der Waals surface area contributed by atoms with E-state index in [2.05, 4.69) is 20.1 Å². The van der Waals surface area contributed by atoms with Crippen molar-refractivity contribution in [2.75, 3.05) is 54.4 Å². The lowest BCUT2D eigenvalue weighted by molar-refractivity contribution is -0.0328. The Bertz CT molecular complexity index is 912. The summed E-state index contributed by atoms with van der Waals surface area (Å²) < 4.78 is 37.3. The largest absolute Gasteiger partial charge is 0.446 e. The fourth-order valence-electron chi connectivity index (χ4n) is 3.84. The SMILES string of the molecule is O=C(Nc1ccc(SC(F)(F)F)cc1)N1CCN(c2ccnc(N3CCCCC3)n2)CC1. The number of nitrogens with zero attached hydrogens (tertiary/aromatic N) is 5. The number of piperidine rings is 1. The van der Waals surface area contributed by atoms with Crippen LogP contribution in [0.15, 0.2) is 41.4 Å². The summed E-state index contributed by atoms with van der Waals surface area (Å²) in [4.78, 5) is 27.9. The molecule has 0 spiro atoms. The van der Waals surface area contributed by atoms with Crippen molar-refractivity contribution in [1.29, 1.82) is 0 Å². The summed E-state index contributed by atoms with van der Waals surface area (Å²) in [6, 6.07) is 7.28. The van der Waals surface area contributed by atoms with Gasteiger partial charge in [0.2, 0.25) is 5.95 Å². The molecule has 32 heavy (non-hydrogen) atoms. The van der Waals surface area contributed by atoms with Crippen molar-refractivity contribution in [3.05, 3.63) is 36.5 Å². The van der Waals surface area contributed by atoms with Gasteiger partial charge in [0, 0.05) is 56.0 Å². The number of halogens is 3. The highest BCUT2D eigenvalue weighted by Gasteiger charge is 2.29. The molecule has 3 heterocycles. The van der Waals surface area contributed by atoms with Crippen molar-refractivity contribution in [2.45, 2.75) is 29.7 Å². The minimum absolute atomic E-state index is 0.0814. The first-order valence-corrected chi connectivity index (χ1v) is 11.4. The molecule has 11 heteroatoms. The van der Waals surface area contributed by atoms with E-state index in [0.29, 0.717) is 31.9 Å². The molecule has 0 radical (unpaired) electrons. The van der Waals surface area contributed by atoms with Crippen LogP contribution in [-0.2, 0) is 0 Å². The summed E-state index contributed by atoms with van der Waals surface area (Å²) in [6.07, 6.45) is 5.35. The van der Waals surface area contributed by atoms with E-state index in [4.69, 9.17) is 4.98 Å². The molecular formula is C21H25F3N6OS. The van der Waals surface area contributed by atoms with Crippen LogP contribution in [0.25, 0.3) is 0 Å². The lowest BCUT2D eigenvalue weighted by Crippen LogP contribution is -2.50. The highest BCUT2D eigenvalue weighted by atomic mass is 32.2. The van der Waals surface area contributed by atoms with Gasteiger partial charge < -0.3 is 20.0 Å². The van der Waals surface area contributed by atoms with E-state index in [1.165, 1.54) is 30.7 Å². The Morgan fingerprint density at radius 3 is 2.25 bits per heavy atom. The second kappa shape index (κ2) is 9.85. The molecule has 2 aromatic rings. The number of carbonyl (C=O) groups is 1. The van der Waals surface area contributed by atoms with Crippen LogP contribution in [0.5, 0.6) is 0 Å². The number of hydrogen-bond donors (Lipinski definition) is 1. The van der Waals surface area contributed by atoms with E-state index in [0.717, 1.165) is 37.7 Å². The molecule has 0 unspecified atom stereocenters. The molecule has 2 fully saturated rings. The summed E-state index contributed by atoms with van der Waals surface area (Å²) in [5, 5.41) is 2.75. The number of nitrogens with one attached hydrogen (secondary N) is 1. The van der Waals surface area contributed by atoms with E-state index >= 15 is 0 Å². The average molecular weight is 467 g/mol. The Morgan fingerprint density at radius 2 is 1.59 bits per heavy atom. The summed E-state index contributed by atoms with van der Waals surface area (Å²) in [5.74, 6) is 1.62. The third kappa shape index (κ3) is 5.96. The predicted molar refractivity (Wildman–Crippen MR) is 119 cm³/mol. The maximum Gasteiger partial charge on any atom is 0.446 e. The van der Waals surface area contributed by atoms with Crippen molar-refractivity contribution in [1.82, 2.24) is 14.9 Å². The zero-order valence-corrected chi connectivity index (χ0v) is 18.3. The first-order chi connectivity index (χ1) is 15.4. The third-order valence-corrected chi connectivity index (χ3v) is 6.24. The number of hydrogen-bond acceptors (Lipinski definition) is 6. The predicted octanol–water partition coefficient (Wildman–Crippen LogP) is 4.43. The Morgan fingerprint density at radius 1 is 0.906 bits per heavy atom. The molecule has 2 aliphatic heterocycles. The van der Waals surface area contributed by atoms with Crippen LogP contribution >= 0.6 is 11.8 Å². The van der Waals surface area contributed by atoms with Crippen molar-refractivity contribution >= 4 is 35.2 Å². The Hall–Kier alpha value is -2.69. The summed E-state index contributed by atoms with van der Waals surface area (Å²) in [6.45, 7) is 4.30. The van der Waals surface area contributed by atoms with Gasteiger partial charge in [0.05, 0.1) is 0 Å². The smallest absolute Gasteiger partial charge is 0.353 e. The number of amides is 2. The number of rotatable bonds is 4. The first kappa shape index (κ1) is 22.5. The van der Waals surface area contributed by atoms with Crippen LogP contribution < -0.4 is 15.1 Å². The molecule has 0 atom stereocenters. The number of piperazine rings is 1. The van der Waals surface area contributed by atoms with Crippen molar-refractivity contribution in [3.63, 3.8) is 0 Å². The van der Waals surface area contributed by atoms with Crippen LogP contribution in [0, 0.1) is 0 Å². The maximum atomic E-state index is 12.6. The van der Waals surface area contributed by atoms with E-state index in [-0.39, 0.29) is 22.7 Å². The van der Waals surface area contributed by atoms with Gasteiger partial charge in [0.1, 0.15) is 5.82 Å². The van der Waals surface area contributed by atoms with Gasteiger partial charge in [-0.1, -0.05) is 0 Å². The Kier molecular flexibility index (Phi) is 6.92. The first-order valence-electron chi connectivity index (χ1n) is 10.6. The monoisotopic (exact) mass is 466 g/mol. The van der Waals surface area contributed by atoms with Gasteiger partial charge in [0.25, 0.3) is 0 Å². The zero-order chi connectivity index (χ0) is 22.6. The van der Waals surface area contributed by atoms with Crippen molar-refractivity contribution < 1.29 is 18.0 Å². The molecule has 0 saturated carbocycles. The lowest BCUT2D eigenvalue weighted by Gasteiger charge is -2.35. The normalized spacial score (nSPS) is 17.4. The van der Waals surface area contributed by atoms with Gasteiger partial charge in [-0.25, -0.2) is 9.78 Å². The second-order valence-corrected chi connectivity index (χ2v) is 8.88. The quantitative estimate of drug-likeness (QED) is 0.673. The van der Waals surface area contributed by atoms with Gasteiger partial charge in [-0.15, -0.1) is 0 Å². The average Bonchev–Trinajstić information content (AvgIpc) is 2.80. The standard InChI is InChI=1S/C21H25F3N6OS/c22-21(23,24)32-17-6-4-16(5-7-17)26-20(31)30-14-12-28(13-15-30)18-8-9-25-19(27-18)29-10-2-1-3-11-29/h4-9H,1-3,10-15H2,(H,26,31). The zero-order valence-electron chi connectivity index (χ0n) is 17.5. The topological polar surface area (TPSA) is 64.6 Å². The number of thioether (sulfide) groups is 1. The molecule has 4 rings (SSSR count). The third-order valence-electron chi connectivity index (χ3n) is 5.50. The number of urea groups is 1. The van der Waals surface area contributed by atoms with E-state index in [1.54, 1.807) is 11.1 Å². The molecule has 2 aliphatic rings. The van der Waals surface area contributed by atoms with Crippen LogP contribution in [0.2, 0.25) is 0 Å². The molecule has 2 amide bonds. The summed E-state index contributed by atoms with van der Waals surface area (Å²) in [5.41, 5.74) is -3.87. The van der Waals surface area contributed by atoms with E-state index in [9.17, 15) is 18.0 Å². The second-order valence-electron chi connectivity index (χ2n) is 7.74. The van der Waals surface area contributed by atoms with Gasteiger partial charge in [-0.3, -0.25) is 0 Å². The van der Waals surface area contributed by atoms with Crippen molar-refractivity contribution in [3.8, 4) is 0 Å². The molecule has 0 bridgehead atoms. The number of carbonyl (C=O) groups excluding carboxylic acids is 1. The number of alkyl halides is 3. The minimum atomic E-state index is -4.33. The van der Waals surface area contributed by atoms with Gasteiger partial charge in [0.15, 0.2) is 0 Å². The summed E-state index contributed by atoms with van der Waals surface area (Å²) in [7, 11) is 0. The van der Waals surface area contributed by atoms with Crippen LogP contribution in [0.3, 0.4) is 0 Å². The van der Waals surface area contributed by atoms with E-state index in [1.807, 2.05) is 6.07 Å².